The van der Waals surface area contributed by atoms with E-state index in [1.807, 2.05) is 24.3 Å². The van der Waals surface area contributed by atoms with Crippen LogP contribution >= 0.6 is 0 Å². The molecule has 1 aromatic carbocycles. The number of nitrogen functional groups attached to an aromatic ring is 1. The number of rotatable bonds is 5. The Balaban J connectivity index is 1.99. The third-order valence-corrected chi connectivity index (χ3v) is 3.56. The highest BCUT2D eigenvalue weighted by Crippen LogP contribution is 2.18. The van der Waals surface area contributed by atoms with Crippen molar-refractivity contribution in [1.29, 1.82) is 5.41 Å². The summed E-state index contributed by atoms with van der Waals surface area (Å²) in [5.74, 6) is 0.138. The van der Waals surface area contributed by atoms with E-state index in [9.17, 15) is 0 Å². The van der Waals surface area contributed by atoms with Gasteiger partial charge >= 0.3 is 0 Å². The Morgan fingerprint density at radius 2 is 2.00 bits per heavy atom. The molecule has 4 nitrogen and oxygen atoms in total. The average molecular weight is 246 g/mol. The molecule has 1 aliphatic rings. The topological polar surface area (TPSA) is 56.4 Å². The van der Waals surface area contributed by atoms with Crippen molar-refractivity contribution in [3.63, 3.8) is 0 Å². The molecule has 1 aliphatic heterocycles. The van der Waals surface area contributed by atoms with E-state index >= 15 is 0 Å². The molecule has 0 amide bonds. The summed E-state index contributed by atoms with van der Waals surface area (Å²) in [4.78, 5) is 4.68. The number of nitrogens with one attached hydrogen (secondary N) is 1. The highest BCUT2D eigenvalue weighted by atomic mass is 15.2. The van der Waals surface area contributed by atoms with E-state index in [1.54, 1.807) is 0 Å². The van der Waals surface area contributed by atoms with E-state index in [0.717, 1.165) is 24.3 Å². The number of likely N-dealkylation sites (tertiary alicyclic amines) is 1. The molecule has 0 bridgehead atoms. The first-order chi connectivity index (χ1) is 8.68. The second-order valence-corrected chi connectivity index (χ2v) is 4.90. The summed E-state index contributed by atoms with van der Waals surface area (Å²) in [5.41, 5.74) is 7.48. The maximum absolute atomic E-state index is 7.61. The summed E-state index contributed by atoms with van der Waals surface area (Å²) in [6, 6.07) is 7.85. The quantitative estimate of drug-likeness (QED) is 0.611. The highest BCUT2D eigenvalue weighted by molar-refractivity contribution is 6.00. The van der Waals surface area contributed by atoms with Crippen molar-refractivity contribution in [2.45, 2.75) is 12.8 Å². The number of hydrogen-bond acceptors (Lipinski definition) is 3. The summed E-state index contributed by atoms with van der Waals surface area (Å²) in [5, 5.41) is 7.61. The number of likely N-dealkylation sites (N-methyl/N-ethyl adjacent to an activating group) is 1. The van der Waals surface area contributed by atoms with Crippen LogP contribution < -0.4 is 10.6 Å². The van der Waals surface area contributed by atoms with E-state index in [1.165, 1.54) is 25.9 Å². The smallest absolute Gasteiger partial charge is 0.124 e. The molecule has 1 fully saturated rings. The number of hydrogen-bond donors (Lipinski definition) is 2. The SMILES string of the molecule is CN(CCN1CCCC1)c1ccccc1C(=N)N. The van der Waals surface area contributed by atoms with Gasteiger partial charge in [0.15, 0.2) is 0 Å². The van der Waals surface area contributed by atoms with Gasteiger partial charge in [-0.1, -0.05) is 12.1 Å². The fraction of sp³-hybridized carbons (Fsp3) is 0.500. The van der Waals surface area contributed by atoms with Crippen LogP contribution in [0, 0.1) is 5.41 Å². The molecule has 1 aromatic rings. The van der Waals surface area contributed by atoms with E-state index in [-0.39, 0.29) is 5.84 Å². The van der Waals surface area contributed by atoms with Crippen LogP contribution in [-0.4, -0.2) is 44.0 Å². The highest BCUT2D eigenvalue weighted by Gasteiger charge is 2.13. The summed E-state index contributed by atoms with van der Waals surface area (Å²) >= 11 is 0. The Morgan fingerprint density at radius 3 is 2.67 bits per heavy atom. The lowest BCUT2D eigenvalue weighted by atomic mass is 10.1. The minimum atomic E-state index is 0.138. The maximum atomic E-state index is 7.61. The zero-order valence-electron chi connectivity index (χ0n) is 11.0. The summed E-state index contributed by atoms with van der Waals surface area (Å²) < 4.78 is 0. The lowest BCUT2D eigenvalue weighted by Crippen LogP contribution is -2.32. The predicted octanol–water partition coefficient (Wildman–Crippen LogP) is 1.50. The molecular weight excluding hydrogens is 224 g/mol. The Labute approximate surface area is 109 Å². The van der Waals surface area contributed by atoms with Crippen molar-refractivity contribution >= 4 is 11.5 Å². The molecule has 98 valence electrons. The molecular formula is C14H22N4. The van der Waals surface area contributed by atoms with Crippen LogP contribution in [0.4, 0.5) is 5.69 Å². The van der Waals surface area contributed by atoms with Crippen molar-refractivity contribution in [2.24, 2.45) is 5.73 Å². The van der Waals surface area contributed by atoms with Gasteiger partial charge < -0.3 is 15.5 Å². The molecule has 0 unspecified atom stereocenters. The van der Waals surface area contributed by atoms with Crippen LogP contribution in [0.5, 0.6) is 0 Å². The van der Waals surface area contributed by atoms with Crippen LogP contribution in [0.3, 0.4) is 0 Å². The van der Waals surface area contributed by atoms with Gasteiger partial charge in [0.1, 0.15) is 5.84 Å². The lowest BCUT2D eigenvalue weighted by molar-refractivity contribution is 0.346. The first-order valence-corrected chi connectivity index (χ1v) is 6.55. The molecule has 0 aliphatic carbocycles. The van der Waals surface area contributed by atoms with Crippen LogP contribution in [0.1, 0.15) is 18.4 Å². The normalized spacial score (nSPS) is 15.8. The van der Waals surface area contributed by atoms with Crippen LogP contribution in [0.25, 0.3) is 0 Å². The van der Waals surface area contributed by atoms with Gasteiger partial charge in [-0.2, -0.15) is 0 Å². The molecule has 1 heterocycles. The fourth-order valence-corrected chi connectivity index (χ4v) is 2.45. The minimum Gasteiger partial charge on any atom is -0.384 e. The summed E-state index contributed by atoms with van der Waals surface area (Å²) in [6.07, 6.45) is 2.65. The van der Waals surface area contributed by atoms with E-state index in [2.05, 4.69) is 16.8 Å². The van der Waals surface area contributed by atoms with E-state index < -0.39 is 0 Å². The van der Waals surface area contributed by atoms with Crippen molar-refractivity contribution in [2.75, 3.05) is 38.1 Å². The van der Waals surface area contributed by atoms with Crippen molar-refractivity contribution in [3.8, 4) is 0 Å². The maximum Gasteiger partial charge on any atom is 0.124 e. The van der Waals surface area contributed by atoms with Crippen LogP contribution in [-0.2, 0) is 0 Å². The van der Waals surface area contributed by atoms with Gasteiger partial charge in [0, 0.05) is 31.4 Å². The van der Waals surface area contributed by atoms with Crippen LogP contribution in [0.15, 0.2) is 24.3 Å². The molecule has 0 spiro atoms. The van der Waals surface area contributed by atoms with Gasteiger partial charge in [0.25, 0.3) is 0 Å². The Kier molecular flexibility index (Phi) is 4.20. The Hall–Kier alpha value is -1.55. The van der Waals surface area contributed by atoms with E-state index in [0.29, 0.717) is 0 Å². The molecule has 18 heavy (non-hydrogen) atoms. The number of benzene rings is 1. The predicted molar refractivity (Wildman–Crippen MR) is 76.4 cm³/mol. The number of nitrogens with two attached hydrogens (primary N) is 1. The van der Waals surface area contributed by atoms with E-state index in [4.69, 9.17) is 11.1 Å². The van der Waals surface area contributed by atoms with Gasteiger partial charge in [-0.05, 0) is 38.1 Å². The first-order valence-electron chi connectivity index (χ1n) is 6.55. The standard InChI is InChI=1S/C14H22N4/c1-17(10-11-18-8-4-5-9-18)13-7-3-2-6-12(13)14(15)16/h2-3,6-7H,4-5,8-11H2,1H3,(H3,15,16). The monoisotopic (exact) mass is 246 g/mol. The number of para-hydroxylation sites is 1. The lowest BCUT2D eigenvalue weighted by Gasteiger charge is -2.25. The molecule has 0 saturated carbocycles. The minimum absolute atomic E-state index is 0.138. The Bertz CT molecular complexity index is 410. The number of amidine groups is 1. The summed E-state index contributed by atoms with van der Waals surface area (Å²) in [6.45, 7) is 4.51. The third kappa shape index (κ3) is 3.01. The zero-order chi connectivity index (χ0) is 13.0. The van der Waals surface area contributed by atoms with Crippen molar-refractivity contribution < 1.29 is 0 Å². The zero-order valence-corrected chi connectivity index (χ0v) is 11.0. The number of anilines is 1. The fourth-order valence-electron chi connectivity index (χ4n) is 2.45. The molecule has 0 aromatic heterocycles. The van der Waals surface area contributed by atoms with Gasteiger partial charge in [-0.3, -0.25) is 5.41 Å². The molecule has 0 atom stereocenters. The molecule has 0 radical (unpaired) electrons. The first kappa shape index (κ1) is 12.9. The van der Waals surface area contributed by atoms with Gasteiger partial charge in [0.05, 0.1) is 0 Å². The molecule has 4 heteroatoms. The second-order valence-electron chi connectivity index (χ2n) is 4.90. The largest absolute Gasteiger partial charge is 0.384 e. The molecule has 2 rings (SSSR count). The second kappa shape index (κ2) is 5.87. The van der Waals surface area contributed by atoms with Crippen molar-refractivity contribution in [3.05, 3.63) is 29.8 Å². The van der Waals surface area contributed by atoms with Gasteiger partial charge in [-0.25, -0.2) is 0 Å². The molecule has 1 saturated heterocycles. The van der Waals surface area contributed by atoms with Crippen LogP contribution in [0.2, 0.25) is 0 Å². The van der Waals surface area contributed by atoms with Gasteiger partial charge in [0.2, 0.25) is 0 Å². The average Bonchev–Trinajstić information content (AvgIpc) is 2.89. The molecule has 3 N–H and O–H groups in total. The Morgan fingerprint density at radius 1 is 1.33 bits per heavy atom. The van der Waals surface area contributed by atoms with Crippen molar-refractivity contribution in [1.82, 2.24) is 4.90 Å². The number of nitrogens with zero attached hydrogens (tertiary/aromatic N) is 2. The third-order valence-electron chi connectivity index (χ3n) is 3.56. The summed E-state index contributed by atoms with van der Waals surface area (Å²) in [7, 11) is 2.07. The van der Waals surface area contributed by atoms with Gasteiger partial charge in [-0.15, -0.1) is 0 Å².